The van der Waals surface area contributed by atoms with Crippen LogP contribution in [0.2, 0.25) is 0 Å². The molecule has 1 N–H and O–H groups in total. The molecule has 5 nitrogen and oxygen atoms in total. The molecule has 98 valence electrons. The first-order chi connectivity index (χ1) is 8.63. The van der Waals surface area contributed by atoms with Gasteiger partial charge in [-0.15, -0.1) is 0 Å². The predicted molar refractivity (Wildman–Crippen MR) is 63.5 cm³/mol. The van der Waals surface area contributed by atoms with Crippen LogP contribution in [-0.2, 0) is 25.7 Å². The lowest BCUT2D eigenvalue weighted by atomic mass is 10.2. The summed E-state index contributed by atoms with van der Waals surface area (Å²) in [7, 11) is 1.18. The number of hydrogen-bond donors (Lipinski definition) is 1. The molecule has 0 spiro atoms. The normalized spacial score (nSPS) is 11.7. The van der Waals surface area contributed by atoms with E-state index in [1.165, 1.54) is 7.11 Å². The molecule has 1 rings (SSSR count). The molecule has 0 saturated carbocycles. The van der Waals surface area contributed by atoms with Crippen molar-refractivity contribution < 1.29 is 24.2 Å². The fraction of sp³-hybridized carbons (Fsp3) is 0.385. The van der Waals surface area contributed by atoms with Crippen molar-refractivity contribution in [2.45, 2.75) is 25.6 Å². The summed E-state index contributed by atoms with van der Waals surface area (Å²) in [4.78, 5) is 22.2. The topological polar surface area (TPSA) is 72.8 Å². The number of aliphatic hydroxyl groups excluding tert-OH is 1. The maximum Gasteiger partial charge on any atom is 0.334 e. The third-order valence-corrected chi connectivity index (χ3v) is 2.34. The highest BCUT2D eigenvalue weighted by molar-refractivity contribution is 5.75. The van der Waals surface area contributed by atoms with Gasteiger partial charge in [-0.05, 0) is 12.0 Å². The highest BCUT2D eigenvalue weighted by atomic mass is 16.5. The number of carbonyl (C=O) groups excluding carboxylic acids is 2. The lowest BCUT2D eigenvalue weighted by Gasteiger charge is -2.08. The summed E-state index contributed by atoms with van der Waals surface area (Å²) in [5.41, 5.74) is 0.888. The Kier molecular flexibility index (Phi) is 5.87. The van der Waals surface area contributed by atoms with Crippen LogP contribution in [0.15, 0.2) is 30.3 Å². The molecule has 1 aromatic carbocycles. The number of aliphatic hydroxyl groups is 1. The SMILES string of the molecule is COC(=O)[C@@H](O)CCC(=O)OCc1ccccc1. The minimum atomic E-state index is -1.28. The first kappa shape index (κ1) is 14.2. The maximum atomic E-state index is 11.3. The highest BCUT2D eigenvalue weighted by Gasteiger charge is 2.17. The second-order valence-electron chi connectivity index (χ2n) is 3.72. The summed E-state index contributed by atoms with van der Waals surface area (Å²) in [5, 5.41) is 9.27. The van der Waals surface area contributed by atoms with Gasteiger partial charge in [0.05, 0.1) is 7.11 Å². The molecule has 1 atom stereocenters. The Bertz CT molecular complexity index is 388. The van der Waals surface area contributed by atoms with Crippen LogP contribution in [0.5, 0.6) is 0 Å². The lowest BCUT2D eigenvalue weighted by molar-refractivity contribution is -0.152. The van der Waals surface area contributed by atoms with Crippen molar-refractivity contribution >= 4 is 11.9 Å². The van der Waals surface area contributed by atoms with Crippen LogP contribution in [0.4, 0.5) is 0 Å². The molecule has 5 heteroatoms. The summed E-state index contributed by atoms with van der Waals surface area (Å²) in [6.45, 7) is 0.188. The van der Waals surface area contributed by atoms with Crippen LogP contribution in [-0.4, -0.2) is 30.3 Å². The average Bonchev–Trinajstić information content (AvgIpc) is 2.42. The number of esters is 2. The maximum absolute atomic E-state index is 11.3. The molecule has 0 aliphatic heterocycles. The zero-order valence-electron chi connectivity index (χ0n) is 10.2. The van der Waals surface area contributed by atoms with E-state index < -0.39 is 18.0 Å². The Morgan fingerprint density at radius 3 is 2.56 bits per heavy atom. The third kappa shape index (κ3) is 4.97. The summed E-state index contributed by atoms with van der Waals surface area (Å²) in [6, 6.07) is 9.26. The largest absolute Gasteiger partial charge is 0.467 e. The van der Waals surface area contributed by atoms with Gasteiger partial charge in [0.15, 0.2) is 6.10 Å². The van der Waals surface area contributed by atoms with Crippen molar-refractivity contribution in [1.29, 1.82) is 0 Å². The molecule has 0 aromatic heterocycles. The number of benzene rings is 1. The van der Waals surface area contributed by atoms with Gasteiger partial charge in [-0.2, -0.15) is 0 Å². The molecule has 0 unspecified atom stereocenters. The Morgan fingerprint density at radius 1 is 1.28 bits per heavy atom. The summed E-state index contributed by atoms with van der Waals surface area (Å²) in [6.07, 6.45) is -1.30. The van der Waals surface area contributed by atoms with E-state index in [9.17, 15) is 14.7 Å². The summed E-state index contributed by atoms with van der Waals surface area (Å²) >= 11 is 0. The Labute approximate surface area is 105 Å². The van der Waals surface area contributed by atoms with Crippen LogP contribution in [0, 0.1) is 0 Å². The van der Waals surface area contributed by atoms with Crippen LogP contribution >= 0.6 is 0 Å². The van der Waals surface area contributed by atoms with Gasteiger partial charge in [0.25, 0.3) is 0 Å². The van der Waals surface area contributed by atoms with Crippen molar-refractivity contribution in [3.63, 3.8) is 0 Å². The van der Waals surface area contributed by atoms with E-state index in [4.69, 9.17) is 4.74 Å². The van der Waals surface area contributed by atoms with Gasteiger partial charge in [-0.1, -0.05) is 30.3 Å². The number of carbonyl (C=O) groups is 2. The molecule has 0 bridgehead atoms. The third-order valence-electron chi connectivity index (χ3n) is 2.34. The summed E-state index contributed by atoms with van der Waals surface area (Å²) < 4.78 is 9.32. The molecular weight excluding hydrogens is 236 g/mol. The number of rotatable bonds is 6. The van der Waals surface area contributed by atoms with Crippen molar-refractivity contribution in [3.8, 4) is 0 Å². The molecule has 0 radical (unpaired) electrons. The van der Waals surface area contributed by atoms with Crippen molar-refractivity contribution in [2.24, 2.45) is 0 Å². The molecule has 0 fully saturated rings. The van der Waals surface area contributed by atoms with E-state index in [0.717, 1.165) is 5.56 Å². The van der Waals surface area contributed by atoms with Crippen molar-refractivity contribution in [1.82, 2.24) is 0 Å². The van der Waals surface area contributed by atoms with Crippen molar-refractivity contribution in [3.05, 3.63) is 35.9 Å². The van der Waals surface area contributed by atoms with E-state index in [2.05, 4.69) is 4.74 Å². The van der Waals surface area contributed by atoms with Gasteiger partial charge < -0.3 is 14.6 Å². The monoisotopic (exact) mass is 252 g/mol. The quantitative estimate of drug-likeness (QED) is 0.766. The van der Waals surface area contributed by atoms with Gasteiger partial charge in [0.1, 0.15) is 6.61 Å². The zero-order chi connectivity index (χ0) is 13.4. The average molecular weight is 252 g/mol. The van der Waals surface area contributed by atoms with Gasteiger partial charge >= 0.3 is 11.9 Å². The minimum Gasteiger partial charge on any atom is -0.467 e. The molecular formula is C13H16O5. The van der Waals surface area contributed by atoms with Gasteiger partial charge in [-0.25, -0.2) is 4.79 Å². The van der Waals surface area contributed by atoms with Crippen LogP contribution in [0.3, 0.4) is 0 Å². The lowest BCUT2D eigenvalue weighted by Crippen LogP contribution is -2.23. The smallest absolute Gasteiger partial charge is 0.334 e. The van der Waals surface area contributed by atoms with E-state index >= 15 is 0 Å². The van der Waals surface area contributed by atoms with Crippen molar-refractivity contribution in [2.75, 3.05) is 7.11 Å². The highest BCUT2D eigenvalue weighted by Crippen LogP contribution is 2.04. The first-order valence-corrected chi connectivity index (χ1v) is 5.59. The van der Waals surface area contributed by atoms with Gasteiger partial charge in [0, 0.05) is 6.42 Å². The first-order valence-electron chi connectivity index (χ1n) is 5.59. The molecule has 18 heavy (non-hydrogen) atoms. The van der Waals surface area contributed by atoms with Crippen LogP contribution in [0.1, 0.15) is 18.4 Å². The van der Waals surface area contributed by atoms with E-state index in [-0.39, 0.29) is 19.4 Å². The predicted octanol–water partition coefficient (Wildman–Crippen LogP) is 1.04. The Morgan fingerprint density at radius 2 is 1.94 bits per heavy atom. The number of hydrogen-bond acceptors (Lipinski definition) is 5. The van der Waals surface area contributed by atoms with E-state index in [1.54, 1.807) is 0 Å². The molecule has 0 saturated heterocycles. The Balaban J connectivity index is 2.24. The molecule has 0 aliphatic rings. The van der Waals surface area contributed by atoms with Gasteiger partial charge in [0.2, 0.25) is 0 Å². The van der Waals surface area contributed by atoms with Gasteiger partial charge in [-0.3, -0.25) is 4.79 Å². The summed E-state index contributed by atoms with van der Waals surface area (Å²) in [5.74, 6) is -1.20. The molecule has 1 aromatic rings. The number of ether oxygens (including phenoxy) is 2. The fourth-order valence-electron chi connectivity index (χ4n) is 1.32. The minimum absolute atomic E-state index is 0.000294. The fourth-order valence-corrected chi connectivity index (χ4v) is 1.32. The molecule has 0 amide bonds. The van der Waals surface area contributed by atoms with E-state index in [1.807, 2.05) is 30.3 Å². The standard InChI is InChI=1S/C13H16O5/c1-17-13(16)11(14)7-8-12(15)18-9-10-5-3-2-4-6-10/h2-6,11,14H,7-9H2,1H3/t11-/m0/s1. The van der Waals surface area contributed by atoms with Crippen LogP contribution in [0.25, 0.3) is 0 Å². The number of methoxy groups -OCH3 is 1. The second-order valence-corrected chi connectivity index (χ2v) is 3.72. The van der Waals surface area contributed by atoms with Crippen LogP contribution < -0.4 is 0 Å². The molecule has 0 aliphatic carbocycles. The Hall–Kier alpha value is -1.88. The zero-order valence-corrected chi connectivity index (χ0v) is 10.2. The van der Waals surface area contributed by atoms with E-state index in [0.29, 0.717) is 0 Å². The molecule has 0 heterocycles. The second kappa shape index (κ2) is 7.45.